The molecule has 0 fully saturated rings. The maximum absolute atomic E-state index is 5.87. The lowest BCUT2D eigenvalue weighted by atomic mass is 9.94. The Bertz CT molecular complexity index is 621. The lowest BCUT2D eigenvalue weighted by Crippen LogP contribution is -2.29. The van der Waals surface area contributed by atoms with E-state index in [0.29, 0.717) is 12.5 Å². The van der Waals surface area contributed by atoms with Gasteiger partial charge in [0.15, 0.2) is 0 Å². The molecule has 2 nitrogen and oxygen atoms in total. The predicted molar refractivity (Wildman–Crippen MR) is 105 cm³/mol. The minimum Gasteiger partial charge on any atom is -0.498 e. The Labute approximate surface area is 152 Å². The third-order valence-electron chi connectivity index (χ3n) is 4.70. The molecular formula is C23H30O2. The maximum atomic E-state index is 5.87. The average Bonchev–Trinajstić information content (AvgIpc) is 2.68. The Kier molecular flexibility index (Phi) is 7.75. The van der Waals surface area contributed by atoms with Crippen molar-refractivity contribution in [3.63, 3.8) is 0 Å². The molecule has 2 aromatic rings. The van der Waals surface area contributed by atoms with Gasteiger partial charge in [0.25, 0.3) is 0 Å². The first-order valence-electron chi connectivity index (χ1n) is 9.13. The lowest BCUT2D eigenvalue weighted by Gasteiger charge is -2.28. The van der Waals surface area contributed by atoms with Crippen LogP contribution >= 0.6 is 0 Å². The molecule has 2 atom stereocenters. The molecule has 0 radical (unpaired) electrons. The highest BCUT2D eigenvalue weighted by Gasteiger charge is 2.26. The minimum atomic E-state index is -0.447. The molecule has 2 heteroatoms. The van der Waals surface area contributed by atoms with E-state index in [1.807, 2.05) is 24.5 Å². The van der Waals surface area contributed by atoms with E-state index in [9.17, 15) is 0 Å². The van der Waals surface area contributed by atoms with E-state index in [0.717, 1.165) is 12.0 Å². The Morgan fingerprint density at radius 2 is 1.64 bits per heavy atom. The van der Waals surface area contributed by atoms with Gasteiger partial charge in [0.1, 0.15) is 12.2 Å². The van der Waals surface area contributed by atoms with Gasteiger partial charge in [-0.1, -0.05) is 80.4 Å². The first kappa shape index (κ1) is 19.3. The van der Waals surface area contributed by atoms with Crippen LogP contribution in [0.1, 0.15) is 50.2 Å². The van der Waals surface area contributed by atoms with Crippen LogP contribution in [0.4, 0.5) is 0 Å². The van der Waals surface area contributed by atoms with Crippen LogP contribution in [0.3, 0.4) is 0 Å². The number of unbranched alkanes of at least 4 members (excludes halogenated alkanes) is 1. The second-order valence-corrected chi connectivity index (χ2v) is 6.60. The van der Waals surface area contributed by atoms with Gasteiger partial charge in [-0.05, 0) is 30.5 Å². The predicted octanol–water partition coefficient (Wildman–Crippen LogP) is 6.05. The van der Waals surface area contributed by atoms with Gasteiger partial charge in [0.05, 0.1) is 6.26 Å². The molecule has 0 unspecified atom stereocenters. The van der Waals surface area contributed by atoms with Crippen molar-refractivity contribution >= 4 is 0 Å². The van der Waals surface area contributed by atoms with Crippen LogP contribution in [-0.2, 0) is 15.1 Å². The second-order valence-electron chi connectivity index (χ2n) is 6.60. The molecule has 0 aliphatic carbocycles. The van der Waals surface area contributed by atoms with Crippen LogP contribution in [-0.4, -0.2) is 13.7 Å². The summed E-state index contributed by atoms with van der Waals surface area (Å²) < 4.78 is 11.6. The van der Waals surface area contributed by atoms with E-state index in [1.54, 1.807) is 7.11 Å². The smallest absolute Gasteiger partial charge is 0.124 e. The molecule has 2 rings (SSSR count). The zero-order valence-electron chi connectivity index (χ0n) is 15.7. The summed E-state index contributed by atoms with van der Waals surface area (Å²) in [7, 11) is 1.73. The molecule has 0 aliphatic rings. The molecule has 0 saturated heterocycles. The summed E-state index contributed by atoms with van der Waals surface area (Å²) in [6, 6.07) is 20.8. The number of ether oxygens (including phenoxy) is 2. The first-order chi connectivity index (χ1) is 12.2. The molecule has 0 amide bonds. The van der Waals surface area contributed by atoms with Crippen LogP contribution in [0.2, 0.25) is 0 Å². The van der Waals surface area contributed by atoms with Gasteiger partial charge in [-0.2, -0.15) is 0 Å². The number of benzene rings is 2. The van der Waals surface area contributed by atoms with Crippen molar-refractivity contribution in [2.75, 3.05) is 13.7 Å². The van der Waals surface area contributed by atoms with Gasteiger partial charge >= 0.3 is 0 Å². The summed E-state index contributed by atoms with van der Waals surface area (Å²) in [5, 5.41) is 0. The monoisotopic (exact) mass is 338 g/mol. The molecule has 0 heterocycles. The molecule has 2 aromatic carbocycles. The molecule has 0 aromatic heterocycles. The first-order valence-corrected chi connectivity index (χ1v) is 9.13. The molecule has 134 valence electrons. The topological polar surface area (TPSA) is 18.5 Å². The van der Waals surface area contributed by atoms with E-state index < -0.39 is 5.60 Å². The molecule has 25 heavy (non-hydrogen) atoms. The van der Waals surface area contributed by atoms with Crippen molar-refractivity contribution < 1.29 is 9.47 Å². The fourth-order valence-electron chi connectivity index (χ4n) is 2.91. The van der Waals surface area contributed by atoms with Gasteiger partial charge in [-0.15, -0.1) is 0 Å². The largest absolute Gasteiger partial charge is 0.498 e. The normalized spacial score (nSPS) is 15.0. The van der Waals surface area contributed by atoms with Gasteiger partial charge in [0, 0.05) is 13.0 Å². The third-order valence-corrected chi connectivity index (χ3v) is 4.70. The van der Waals surface area contributed by atoms with Gasteiger partial charge in [-0.25, -0.2) is 0 Å². The van der Waals surface area contributed by atoms with Gasteiger partial charge in [0.2, 0.25) is 0 Å². The lowest BCUT2D eigenvalue weighted by molar-refractivity contribution is -0.0464. The molecule has 0 aliphatic heterocycles. The number of allylic oxidation sites excluding steroid dienone is 1. The van der Waals surface area contributed by atoms with E-state index in [2.05, 4.69) is 62.4 Å². The fourth-order valence-corrected chi connectivity index (χ4v) is 2.91. The highest BCUT2D eigenvalue weighted by Crippen LogP contribution is 2.26. The Hall–Kier alpha value is -2.06. The van der Waals surface area contributed by atoms with Crippen molar-refractivity contribution in [2.24, 2.45) is 0 Å². The van der Waals surface area contributed by atoms with Crippen molar-refractivity contribution in [2.45, 2.75) is 44.6 Å². The van der Waals surface area contributed by atoms with Gasteiger partial charge < -0.3 is 9.47 Å². The number of methoxy groups -OCH3 is 1. The summed E-state index contributed by atoms with van der Waals surface area (Å²) >= 11 is 0. The summed E-state index contributed by atoms with van der Waals surface area (Å²) in [6.45, 7) is 4.77. The molecule has 0 N–H and O–H groups in total. The quantitative estimate of drug-likeness (QED) is 0.491. The number of rotatable bonds is 10. The zero-order chi connectivity index (χ0) is 18.0. The Morgan fingerprint density at radius 1 is 1.00 bits per heavy atom. The van der Waals surface area contributed by atoms with E-state index in [1.165, 1.54) is 18.4 Å². The highest BCUT2D eigenvalue weighted by molar-refractivity contribution is 5.24. The maximum Gasteiger partial charge on any atom is 0.124 e. The summed E-state index contributed by atoms with van der Waals surface area (Å²) in [5.41, 5.74) is 2.02. The summed E-state index contributed by atoms with van der Waals surface area (Å²) in [4.78, 5) is 0. The third kappa shape index (κ3) is 5.75. The molecule has 0 bridgehead atoms. The van der Waals surface area contributed by atoms with E-state index >= 15 is 0 Å². The van der Waals surface area contributed by atoms with E-state index in [4.69, 9.17) is 9.47 Å². The number of hydrogen-bond donors (Lipinski definition) is 0. The molecule has 0 saturated carbocycles. The van der Waals surface area contributed by atoms with E-state index in [-0.39, 0.29) is 0 Å². The standard InChI is InChI=1S/C23H30O2/c1-4-5-12-21(20-13-8-6-9-14-20)17-18-25-19-23(2,24-3)22-15-10-7-11-16-22/h6-11,13-18,21H,4-5,12,19H2,1-3H3/b18-17-/t21-,23-/m0/s1. The fraction of sp³-hybridized carbons (Fsp3) is 0.391. The summed E-state index contributed by atoms with van der Waals surface area (Å²) in [6.07, 6.45) is 7.57. The second kappa shape index (κ2) is 10.0. The van der Waals surface area contributed by atoms with Crippen molar-refractivity contribution in [1.82, 2.24) is 0 Å². The Balaban J connectivity index is 1.99. The van der Waals surface area contributed by atoms with Crippen LogP contribution in [0, 0.1) is 0 Å². The average molecular weight is 338 g/mol. The van der Waals surface area contributed by atoms with Crippen molar-refractivity contribution in [3.8, 4) is 0 Å². The Morgan fingerprint density at radius 3 is 2.24 bits per heavy atom. The highest BCUT2D eigenvalue weighted by atomic mass is 16.5. The van der Waals surface area contributed by atoms with Gasteiger partial charge in [-0.3, -0.25) is 0 Å². The summed E-state index contributed by atoms with van der Waals surface area (Å²) in [5.74, 6) is 0.395. The van der Waals surface area contributed by atoms with Crippen LogP contribution in [0.5, 0.6) is 0 Å². The SMILES string of the molecule is CCCC[C@@H](/C=C\OC[C@](C)(OC)c1ccccc1)c1ccccc1. The van der Waals surface area contributed by atoms with Crippen LogP contribution in [0.15, 0.2) is 73.0 Å². The number of hydrogen-bond acceptors (Lipinski definition) is 2. The molecule has 0 spiro atoms. The zero-order valence-corrected chi connectivity index (χ0v) is 15.7. The van der Waals surface area contributed by atoms with Crippen LogP contribution < -0.4 is 0 Å². The minimum absolute atomic E-state index is 0.395. The van der Waals surface area contributed by atoms with Crippen molar-refractivity contribution in [3.05, 3.63) is 84.1 Å². The molecular weight excluding hydrogens is 308 g/mol. The van der Waals surface area contributed by atoms with Crippen LogP contribution in [0.25, 0.3) is 0 Å². The van der Waals surface area contributed by atoms with Crippen molar-refractivity contribution in [1.29, 1.82) is 0 Å².